The Morgan fingerprint density at radius 3 is 2.69 bits per heavy atom. The molecule has 0 spiro atoms. The highest BCUT2D eigenvalue weighted by atomic mass is 19.1. The molecule has 0 heterocycles. The van der Waals surface area contributed by atoms with Crippen LogP contribution in [0.3, 0.4) is 0 Å². The first-order valence-electron chi connectivity index (χ1n) is 4.64. The smallest absolute Gasteiger partial charge is 0.337 e. The van der Waals surface area contributed by atoms with Gasteiger partial charge in [-0.2, -0.15) is 0 Å². The highest BCUT2D eigenvalue weighted by Gasteiger charge is 2.18. The Balaban J connectivity index is 3.15. The van der Waals surface area contributed by atoms with E-state index in [0.29, 0.717) is 5.69 Å². The lowest BCUT2D eigenvalue weighted by molar-refractivity contribution is 0.0697. The van der Waals surface area contributed by atoms with E-state index in [-0.39, 0.29) is 5.56 Å². The van der Waals surface area contributed by atoms with Gasteiger partial charge in [0.25, 0.3) is 0 Å². The number of rotatable bonds is 3. The van der Waals surface area contributed by atoms with E-state index in [2.05, 4.69) is 11.2 Å². The van der Waals surface area contributed by atoms with Crippen LogP contribution in [0.4, 0.5) is 10.1 Å². The van der Waals surface area contributed by atoms with E-state index in [1.54, 1.807) is 13.8 Å². The second-order valence-corrected chi connectivity index (χ2v) is 3.89. The second kappa shape index (κ2) is 4.23. The van der Waals surface area contributed by atoms with Gasteiger partial charge in [-0.1, -0.05) is 5.92 Å². The number of anilines is 1. The summed E-state index contributed by atoms with van der Waals surface area (Å²) < 4.78 is 12.9. The van der Waals surface area contributed by atoms with Crippen LogP contribution in [-0.2, 0) is 0 Å². The monoisotopic (exact) mass is 221 g/mol. The Labute approximate surface area is 93.3 Å². The van der Waals surface area contributed by atoms with Crippen LogP contribution in [0.2, 0.25) is 0 Å². The minimum absolute atomic E-state index is 0.136. The van der Waals surface area contributed by atoms with Gasteiger partial charge in [0, 0.05) is 0 Å². The van der Waals surface area contributed by atoms with Gasteiger partial charge in [-0.15, -0.1) is 6.42 Å². The van der Waals surface area contributed by atoms with Gasteiger partial charge in [-0.05, 0) is 32.0 Å². The molecule has 3 nitrogen and oxygen atoms in total. The number of halogens is 1. The Morgan fingerprint density at radius 2 is 2.19 bits per heavy atom. The van der Waals surface area contributed by atoms with E-state index in [1.165, 1.54) is 12.1 Å². The summed E-state index contributed by atoms with van der Waals surface area (Å²) in [4.78, 5) is 10.9. The third kappa shape index (κ3) is 2.74. The second-order valence-electron chi connectivity index (χ2n) is 3.89. The van der Waals surface area contributed by atoms with Gasteiger partial charge in [-0.25, -0.2) is 9.18 Å². The molecule has 0 unspecified atom stereocenters. The Morgan fingerprint density at radius 1 is 1.56 bits per heavy atom. The third-order valence-corrected chi connectivity index (χ3v) is 2.02. The zero-order chi connectivity index (χ0) is 12.3. The molecule has 1 rings (SSSR count). The van der Waals surface area contributed by atoms with Gasteiger partial charge in [0.15, 0.2) is 0 Å². The number of benzene rings is 1. The minimum Gasteiger partial charge on any atom is -0.478 e. The molecule has 0 amide bonds. The summed E-state index contributed by atoms with van der Waals surface area (Å²) in [7, 11) is 0. The fourth-order valence-electron chi connectivity index (χ4n) is 1.18. The van der Waals surface area contributed by atoms with Crippen LogP contribution in [0.15, 0.2) is 18.2 Å². The average molecular weight is 221 g/mol. The normalized spacial score (nSPS) is 10.6. The zero-order valence-electron chi connectivity index (χ0n) is 9.04. The third-order valence-electron chi connectivity index (χ3n) is 2.02. The van der Waals surface area contributed by atoms with E-state index in [0.717, 1.165) is 6.07 Å². The van der Waals surface area contributed by atoms with Gasteiger partial charge >= 0.3 is 5.97 Å². The maximum Gasteiger partial charge on any atom is 0.337 e. The van der Waals surface area contributed by atoms with Crippen molar-refractivity contribution in [2.75, 3.05) is 5.32 Å². The minimum atomic E-state index is -1.20. The molecule has 1 aromatic rings. The fourth-order valence-corrected chi connectivity index (χ4v) is 1.18. The van der Waals surface area contributed by atoms with Gasteiger partial charge < -0.3 is 10.4 Å². The molecule has 1 aromatic carbocycles. The van der Waals surface area contributed by atoms with E-state index >= 15 is 0 Å². The number of hydrogen-bond donors (Lipinski definition) is 2. The van der Waals surface area contributed by atoms with Gasteiger partial charge in [0.1, 0.15) is 5.82 Å². The number of hydrogen-bond acceptors (Lipinski definition) is 2. The molecule has 0 atom stereocenters. The molecule has 0 aromatic heterocycles. The van der Waals surface area contributed by atoms with Crippen molar-refractivity contribution in [2.24, 2.45) is 0 Å². The molecule has 0 aliphatic rings. The van der Waals surface area contributed by atoms with E-state index in [1.807, 2.05) is 0 Å². The SMILES string of the molecule is C#CC(C)(C)Nc1ccc(F)cc1C(=O)O. The molecule has 2 N–H and O–H groups in total. The van der Waals surface area contributed by atoms with Crippen molar-refractivity contribution in [1.82, 2.24) is 0 Å². The van der Waals surface area contributed by atoms with Crippen LogP contribution < -0.4 is 5.32 Å². The molecule has 16 heavy (non-hydrogen) atoms. The summed E-state index contributed by atoms with van der Waals surface area (Å²) in [6, 6.07) is 3.50. The first-order chi connectivity index (χ1) is 7.35. The predicted molar refractivity (Wildman–Crippen MR) is 59.9 cm³/mol. The van der Waals surface area contributed by atoms with Crippen LogP contribution >= 0.6 is 0 Å². The molecule has 0 bridgehead atoms. The molecule has 0 saturated heterocycles. The number of carboxylic acids is 1. The van der Waals surface area contributed by atoms with Crippen LogP contribution in [-0.4, -0.2) is 16.6 Å². The Bertz CT molecular complexity index is 461. The quantitative estimate of drug-likeness (QED) is 0.770. The number of nitrogens with one attached hydrogen (secondary N) is 1. The van der Waals surface area contributed by atoms with E-state index in [9.17, 15) is 9.18 Å². The summed E-state index contributed by atoms with van der Waals surface area (Å²) >= 11 is 0. The zero-order valence-corrected chi connectivity index (χ0v) is 9.04. The van der Waals surface area contributed by atoms with Gasteiger partial charge in [0.2, 0.25) is 0 Å². The highest BCUT2D eigenvalue weighted by Crippen LogP contribution is 2.21. The Hall–Kier alpha value is -2.02. The van der Waals surface area contributed by atoms with Crippen LogP contribution in [0.5, 0.6) is 0 Å². The van der Waals surface area contributed by atoms with Crippen molar-refractivity contribution in [3.8, 4) is 12.3 Å². The summed E-state index contributed by atoms with van der Waals surface area (Å²) in [5.74, 6) is 0.678. The van der Waals surface area contributed by atoms with Crippen LogP contribution in [0, 0.1) is 18.2 Å². The molecule has 0 aliphatic carbocycles. The predicted octanol–water partition coefficient (Wildman–Crippen LogP) is 2.35. The van der Waals surface area contributed by atoms with Crippen LogP contribution in [0.25, 0.3) is 0 Å². The molecule has 4 heteroatoms. The van der Waals surface area contributed by atoms with Crippen molar-refractivity contribution >= 4 is 11.7 Å². The molecule has 0 fully saturated rings. The van der Waals surface area contributed by atoms with E-state index in [4.69, 9.17) is 11.5 Å². The van der Waals surface area contributed by atoms with E-state index < -0.39 is 17.3 Å². The lowest BCUT2D eigenvalue weighted by Gasteiger charge is -2.22. The van der Waals surface area contributed by atoms with Crippen molar-refractivity contribution in [3.63, 3.8) is 0 Å². The molecule has 0 radical (unpaired) electrons. The summed E-state index contributed by atoms with van der Waals surface area (Å²) in [5, 5.41) is 11.8. The highest BCUT2D eigenvalue weighted by molar-refractivity contribution is 5.94. The van der Waals surface area contributed by atoms with Crippen molar-refractivity contribution in [3.05, 3.63) is 29.6 Å². The maximum atomic E-state index is 12.9. The number of carboxylic acid groups (broad SMARTS) is 1. The first-order valence-corrected chi connectivity index (χ1v) is 4.64. The molecule has 84 valence electrons. The summed E-state index contributed by atoms with van der Waals surface area (Å²) in [5.41, 5.74) is -0.526. The number of terminal acetylenes is 1. The van der Waals surface area contributed by atoms with Crippen molar-refractivity contribution < 1.29 is 14.3 Å². The number of carbonyl (C=O) groups is 1. The Kier molecular flexibility index (Phi) is 3.19. The lowest BCUT2D eigenvalue weighted by Crippen LogP contribution is -2.29. The first kappa shape index (κ1) is 12.1. The molecule has 0 aliphatic heterocycles. The van der Waals surface area contributed by atoms with Gasteiger partial charge in [-0.3, -0.25) is 0 Å². The summed E-state index contributed by atoms with van der Waals surface area (Å²) in [6.45, 7) is 3.45. The molecular weight excluding hydrogens is 209 g/mol. The largest absolute Gasteiger partial charge is 0.478 e. The topological polar surface area (TPSA) is 49.3 Å². The van der Waals surface area contributed by atoms with Crippen molar-refractivity contribution in [2.45, 2.75) is 19.4 Å². The molecular formula is C12H12FNO2. The van der Waals surface area contributed by atoms with Gasteiger partial charge in [0.05, 0.1) is 16.8 Å². The maximum absolute atomic E-state index is 12.9. The van der Waals surface area contributed by atoms with Crippen molar-refractivity contribution in [1.29, 1.82) is 0 Å². The lowest BCUT2D eigenvalue weighted by atomic mass is 10.0. The number of aromatic carboxylic acids is 1. The average Bonchev–Trinajstić information content (AvgIpc) is 2.20. The standard InChI is InChI=1S/C12H12FNO2/c1-4-12(2,3)14-10-6-5-8(13)7-9(10)11(15)16/h1,5-7,14H,2-3H3,(H,15,16). The molecule has 0 saturated carbocycles. The fraction of sp³-hybridized carbons (Fsp3) is 0.250. The summed E-state index contributed by atoms with van der Waals surface area (Å²) in [6.07, 6.45) is 5.28. The van der Waals surface area contributed by atoms with Crippen LogP contribution in [0.1, 0.15) is 24.2 Å².